The van der Waals surface area contributed by atoms with Gasteiger partial charge in [0, 0.05) is 19.1 Å². The van der Waals surface area contributed by atoms with Crippen LogP contribution in [0.2, 0.25) is 0 Å². The summed E-state index contributed by atoms with van der Waals surface area (Å²) in [4.78, 5) is 14.7. The molecule has 1 unspecified atom stereocenters. The molecular weight excluding hydrogens is 386 g/mol. The van der Waals surface area contributed by atoms with Gasteiger partial charge in [-0.1, -0.05) is 23.9 Å². The van der Waals surface area contributed by atoms with Gasteiger partial charge in [0.25, 0.3) is 0 Å². The summed E-state index contributed by atoms with van der Waals surface area (Å²) in [7, 11) is 1.67. The molecule has 7 nitrogen and oxygen atoms in total. The van der Waals surface area contributed by atoms with E-state index in [9.17, 15) is 4.79 Å². The van der Waals surface area contributed by atoms with E-state index in [-0.39, 0.29) is 11.9 Å². The maximum atomic E-state index is 12.4. The minimum Gasteiger partial charge on any atom is -0.495 e. The molecule has 1 saturated carbocycles. The Kier molecular flexibility index (Phi) is 6.28. The fraction of sp³-hybridized carbons (Fsp3) is 0.571. The fourth-order valence-corrected chi connectivity index (χ4v) is 4.57. The Morgan fingerprint density at radius 1 is 1.24 bits per heavy atom. The number of ether oxygens (including phenoxy) is 1. The Hall–Kier alpha value is -2.22. The first-order chi connectivity index (χ1) is 14.2. The smallest absolute Gasteiger partial charge is 0.232 e. The molecule has 1 atom stereocenters. The lowest BCUT2D eigenvalue weighted by molar-refractivity contribution is -0.119. The van der Waals surface area contributed by atoms with Crippen molar-refractivity contribution in [2.24, 2.45) is 5.92 Å². The number of hydrogen-bond acceptors (Lipinski definition) is 6. The monoisotopic (exact) mass is 415 g/mol. The van der Waals surface area contributed by atoms with Crippen molar-refractivity contribution in [1.29, 1.82) is 0 Å². The predicted molar refractivity (Wildman–Crippen MR) is 115 cm³/mol. The van der Waals surface area contributed by atoms with Crippen LogP contribution in [0, 0.1) is 5.92 Å². The van der Waals surface area contributed by atoms with Crippen molar-refractivity contribution in [2.75, 3.05) is 30.9 Å². The third kappa shape index (κ3) is 4.69. The maximum absolute atomic E-state index is 12.4. The molecule has 1 aromatic carbocycles. The zero-order valence-electron chi connectivity index (χ0n) is 17.1. The molecule has 1 aliphatic heterocycles. The Bertz CT molecular complexity index is 845. The number of carbonyl (C=O) groups excluding carboxylic acids is 1. The zero-order chi connectivity index (χ0) is 20.2. The molecule has 29 heavy (non-hydrogen) atoms. The van der Waals surface area contributed by atoms with Crippen molar-refractivity contribution in [2.45, 2.75) is 50.2 Å². The largest absolute Gasteiger partial charge is 0.495 e. The van der Waals surface area contributed by atoms with Crippen molar-refractivity contribution >= 4 is 23.6 Å². The van der Waals surface area contributed by atoms with Gasteiger partial charge in [0.2, 0.25) is 11.9 Å². The molecule has 1 aromatic heterocycles. The molecule has 1 aliphatic carbocycles. The van der Waals surface area contributed by atoms with E-state index in [1.54, 1.807) is 7.11 Å². The molecule has 2 heterocycles. The van der Waals surface area contributed by atoms with E-state index in [1.165, 1.54) is 31.0 Å². The standard InChI is InChI=1S/C21H29N5O2S/c1-15(16-10-11-16)22-19(27)14-29-21-24-23-20(25-12-6-3-7-13-25)26(21)17-8-4-5-9-18(17)28-2/h4-5,8-9,15-16H,3,6-7,10-14H2,1-2H3,(H,22,27). The lowest BCUT2D eigenvalue weighted by atomic mass is 10.1. The van der Waals surface area contributed by atoms with Crippen molar-refractivity contribution in [3.63, 3.8) is 0 Å². The zero-order valence-corrected chi connectivity index (χ0v) is 18.0. The molecule has 8 heteroatoms. The molecule has 0 radical (unpaired) electrons. The summed E-state index contributed by atoms with van der Waals surface area (Å²) in [5, 5.41) is 12.8. The van der Waals surface area contributed by atoms with Gasteiger partial charge in [-0.3, -0.25) is 9.36 Å². The molecule has 2 fully saturated rings. The number of nitrogens with zero attached hydrogens (tertiary/aromatic N) is 4. The number of para-hydroxylation sites is 2. The van der Waals surface area contributed by atoms with E-state index in [1.807, 2.05) is 28.8 Å². The highest BCUT2D eigenvalue weighted by Crippen LogP contribution is 2.34. The Morgan fingerprint density at radius 3 is 2.72 bits per heavy atom. The van der Waals surface area contributed by atoms with Crippen molar-refractivity contribution in [3.8, 4) is 11.4 Å². The van der Waals surface area contributed by atoms with E-state index in [0.29, 0.717) is 16.8 Å². The summed E-state index contributed by atoms with van der Waals surface area (Å²) in [6, 6.07) is 8.13. The van der Waals surface area contributed by atoms with Gasteiger partial charge in [0.1, 0.15) is 5.75 Å². The van der Waals surface area contributed by atoms with Crippen LogP contribution >= 0.6 is 11.8 Å². The van der Waals surface area contributed by atoms with E-state index < -0.39 is 0 Å². The number of anilines is 1. The van der Waals surface area contributed by atoms with Gasteiger partial charge in [-0.05, 0) is 57.1 Å². The normalized spacial score (nSPS) is 17.8. The quantitative estimate of drug-likeness (QED) is 0.667. The van der Waals surface area contributed by atoms with Crippen molar-refractivity contribution in [3.05, 3.63) is 24.3 Å². The van der Waals surface area contributed by atoms with Crippen LogP contribution in [0.25, 0.3) is 5.69 Å². The summed E-state index contributed by atoms with van der Waals surface area (Å²) >= 11 is 1.42. The van der Waals surface area contributed by atoms with Gasteiger partial charge in [0.15, 0.2) is 5.16 Å². The first kappa shape index (κ1) is 20.1. The minimum atomic E-state index is 0.0449. The number of carbonyl (C=O) groups is 1. The Morgan fingerprint density at radius 2 is 2.00 bits per heavy atom. The second-order valence-electron chi connectivity index (χ2n) is 7.82. The molecule has 1 N–H and O–H groups in total. The molecule has 0 bridgehead atoms. The van der Waals surface area contributed by atoms with E-state index in [0.717, 1.165) is 43.3 Å². The number of hydrogen-bond donors (Lipinski definition) is 1. The van der Waals surface area contributed by atoms with Gasteiger partial charge in [-0.2, -0.15) is 0 Å². The van der Waals surface area contributed by atoms with Crippen LogP contribution in [-0.2, 0) is 4.79 Å². The van der Waals surface area contributed by atoms with Gasteiger partial charge < -0.3 is 15.0 Å². The second-order valence-corrected chi connectivity index (χ2v) is 8.76. The van der Waals surface area contributed by atoms with Gasteiger partial charge in [-0.25, -0.2) is 0 Å². The third-order valence-electron chi connectivity index (χ3n) is 5.63. The van der Waals surface area contributed by atoms with Crippen LogP contribution in [0.15, 0.2) is 29.4 Å². The number of piperidine rings is 1. The lowest BCUT2D eigenvalue weighted by Gasteiger charge is -2.28. The average Bonchev–Trinajstić information content (AvgIpc) is 3.52. The molecule has 2 aliphatic rings. The summed E-state index contributed by atoms with van der Waals surface area (Å²) in [5.41, 5.74) is 0.898. The number of nitrogens with one attached hydrogen (secondary N) is 1. The molecule has 4 rings (SSSR count). The Balaban J connectivity index is 1.57. The topological polar surface area (TPSA) is 72.3 Å². The fourth-order valence-electron chi connectivity index (χ4n) is 3.82. The summed E-state index contributed by atoms with van der Waals surface area (Å²) in [6.07, 6.45) is 6.00. The number of rotatable bonds is 8. The van der Waals surface area contributed by atoms with Crippen LogP contribution in [0.4, 0.5) is 5.95 Å². The van der Waals surface area contributed by atoms with E-state index in [2.05, 4.69) is 27.3 Å². The third-order valence-corrected chi connectivity index (χ3v) is 6.56. The summed E-state index contributed by atoms with van der Waals surface area (Å²) in [6.45, 7) is 4.03. The van der Waals surface area contributed by atoms with Gasteiger partial charge in [-0.15, -0.1) is 10.2 Å². The first-order valence-electron chi connectivity index (χ1n) is 10.4. The number of methoxy groups -OCH3 is 1. The molecule has 1 amide bonds. The van der Waals surface area contributed by atoms with Crippen LogP contribution in [0.1, 0.15) is 39.0 Å². The van der Waals surface area contributed by atoms with E-state index in [4.69, 9.17) is 4.74 Å². The number of benzene rings is 1. The number of amides is 1. The lowest BCUT2D eigenvalue weighted by Crippen LogP contribution is -2.35. The molecule has 0 spiro atoms. The highest BCUT2D eigenvalue weighted by atomic mass is 32.2. The summed E-state index contributed by atoms with van der Waals surface area (Å²) < 4.78 is 7.63. The second kappa shape index (κ2) is 9.07. The van der Waals surface area contributed by atoms with E-state index >= 15 is 0 Å². The van der Waals surface area contributed by atoms with Gasteiger partial charge >= 0.3 is 0 Å². The van der Waals surface area contributed by atoms with Crippen LogP contribution in [0.3, 0.4) is 0 Å². The minimum absolute atomic E-state index is 0.0449. The van der Waals surface area contributed by atoms with Crippen LogP contribution in [-0.4, -0.2) is 52.7 Å². The maximum Gasteiger partial charge on any atom is 0.232 e. The van der Waals surface area contributed by atoms with Gasteiger partial charge in [0.05, 0.1) is 18.6 Å². The number of aromatic nitrogens is 3. The Labute approximate surface area is 176 Å². The van der Waals surface area contributed by atoms with Crippen LogP contribution in [0.5, 0.6) is 5.75 Å². The molecule has 2 aromatic rings. The first-order valence-corrected chi connectivity index (χ1v) is 11.4. The molecular formula is C21H29N5O2S. The summed E-state index contributed by atoms with van der Waals surface area (Å²) in [5.74, 6) is 2.60. The molecule has 156 valence electrons. The van der Waals surface area contributed by atoms with Crippen LogP contribution < -0.4 is 15.0 Å². The average molecular weight is 416 g/mol. The SMILES string of the molecule is COc1ccccc1-n1c(SCC(=O)NC(C)C2CC2)nnc1N1CCCCC1. The predicted octanol–water partition coefficient (Wildman–Crippen LogP) is 3.27. The highest BCUT2D eigenvalue weighted by molar-refractivity contribution is 7.99. The van der Waals surface area contributed by atoms with Crippen molar-refractivity contribution < 1.29 is 9.53 Å². The highest BCUT2D eigenvalue weighted by Gasteiger charge is 2.29. The van der Waals surface area contributed by atoms with Crippen molar-refractivity contribution in [1.82, 2.24) is 20.1 Å². The number of thioether (sulfide) groups is 1. The molecule has 1 saturated heterocycles.